The Morgan fingerprint density at radius 2 is 1.79 bits per heavy atom. The lowest BCUT2D eigenvalue weighted by atomic mass is 10.1. The van der Waals surface area contributed by atoms with Gasteiger partial charge in [0.05, 0.1) is 7.11 Å². The summed E-state index contributed by atoms with van der Waals surface area (Å²) in [6, 6.07) is 10.5. The number of nitrogens with one attached hydrogen (secondary N) is 1. The maximum atomic E-state index is 13.6. The van der Waals surface area contributed by atoms with Crippen LogP contribution >= 0.6 is 0 Å². The summed E-state index contributed by atoms with van der Waals surface area (Å²) in [6.45, 7) is 0.717. The number of nitrogens with zero attached hydrogens (tertiary/aromatic N) is 1. The fourth-order valence-electron chi connectivity index (χ4n) is 2.25. The van der Waals surface area contributed by atoms with Gasteiger partial charge in [-0.1, -0.05) is 18.2 Å². The Hall–Kier alpha value is -2.63. The van der Waals surface area contributed by atoms with Gasteiger partial charge in [0.25, 0.3) is 0 Å². The van der Waals surface area contributed by atoms with Crippen molar-refractivity contribution in [3.63, 3.8) is 0 Å². The average Bonchev–Trinajstić information content (AvgIpc) is 2.56. The normalized spacial score (nSPS) is 10.3. The molecule has 0 saturated heterocycles. The molecule has 0 aliphatic rings. The zero-order valence-corrected chi connectivity index (χ0v) is 13.7. The number of halogens is 2. The molecule has 0 unspecified atom stereocenters. The second-order valence-corrected chi connectivity index (χ2v) is 5.43. The van der Waals surface area contributed by atoms with Gasteiger partial charge in [0.15, 0.2) is 11.6 Å². The van der Waals surface area contributed by atoms with Crippen LogP contribution < -0.4 is 10.1 Å². The molecule has 0 aliphatic heterocycles. The molecule has 0 spiro atoms. The third-order valence-corrected chi connectivity index (χ3v) is 3.59. The van der Waals surface area contributed by atoms with Crippen molar-refractivity contribution in [2.45, 2.75) is 13.0 Å². The maximum absolute atomic E-state index is 13.6. The molecular weight excluding hydrogens is 314 g/mol. The van der Waals surface area contributed by atoms with Crippen LogP contribution in [0.5, 0.6) is 5.75 Å². The molecule has 24 heavy (non-hydrogen) atoms. The van der Waals surface area contributed by atoms with Crippen LogP contribution in [0.15, 0.2) is 42.5 Å². The number of rotatable bonds is 6. The van der Waals surface area contributed by atoms with Gasteiger partial charge in [-0.05, 0) is 41.8 Å². The van der Waals surface area contributed by atoms with E-state index in [4.69, 9.17) is 4.74 Å². The maximum Gasteiger partial charge on any atom is 0.317 e. The van der Waals surface area contributed by atoms with Crippen molar-refractivity contribution in [1.29, 1.82) is 0 Å². The predicted octanol–water partition coefficient (Wildman–Crippen LogP) is 3.36. The summed E-state index contributed by atoms with van der Waals surface area (Å²) in [5, 5.41) is 2.78. The van der Waals surface area contributed by atoms with E-state index in [0.717, 1.165) is 5.56 Å². The van der Waals surface area contributed by atoms with Crippen molar-refractivity contribution >= 4 is 6.03 Å². The van der Waals surface area contributed by atoms with Crippen LogP contribution in [0, 0.1) is 11.6 Å². The monoisotopic (exact) mass is 334 g/mol. The lowest BCUT2D eigenvalue weighted by Gasteiger charge is -2.18. The topological polar surface area (TPSA) is 41.6 Å². The van der Waals surface area contributed by atoms with E-state index in [1.165, 1.54) is 36.3 Å². The van der Waals surface area contributed by atoms with Crippen LogP contribution in [0.2, 0.25) is 0 Å². The average molecular weight is 334 g/mol. The quantitative estimate of drug-likeness (QED) is 0.880. The van der Waals surface area contributed by atoms with Crippen molar-refractivity contribution < 1.29 is 18.3 Å². The summed E-state index contributed by atoms with van der Waals surface area (Å²) in [4.78, 5) is 13.5. The Morgan fingerprint density at radius 3 is 2.42 bits per heavy atom. The Labute approximate surface area is 140 Å². The van der Waals surface area contributed by atoms with E-state index in [0.29, 0.717) is 18.5 Å². The van der Waals surface area contributed by atoms with E-state index < -0.39 is 5.82 Å². The first-order valence-electron chi connectivity index (χ1n) is 7.55. The van der Waals surface area contributed by atoms with E-state index in [1.54, 1.807) is 25.2 Å². The van der Waals surface area contributed by atoms with Crippen molar-refractivity contribution in [2.75, 3.05) is 20.7 Å². The largest absolute Gasteiger partial charge is 0.494 e. The van der Waals surface area contributed by atoms with Crippen molar-refractivity contribution in [3.8, 4) is 5.75 Å². The zero-order valence-electron chi connectivity index (χ0n) is 13.7. The van der Waals surface area contributed by atoms with Crippen molar-refractivity contribution in [2.24, 2.45) is 0 Å². The van der Waals surface area contributed by atoms with Crippen LogP contribution in [0.25, 0.3) is 0 Å². The molecule has 0 aromatic heterocycles. The fraction of sp³-hybridized carbons (Fsp3) is 0.278. The summed E-state index contributed by atoms with van der Waals surface area (Å²) in [5.74, 6) is -0.570. The molecule has 6 heteroatoms. The van der Waals surface area contributed by atoms with Gasteiger partial charge in [0.2, 0.25) is 0 Å². The highest BCUT2D eigenvalue weighted by Crippen LogP contribution is 2.18. The van der Waals surface area contributed by atoms with Gasteiger partial charge in [-0.15, -0.1) is 0 Å². The minimum absolute atomic E-state index is 0.171. The number of hydrogen-bond donors (Lipinski definition) is 1. The number of urea groups is 1. The molecule has 0 heterocycles. The van der Waals surface area contributed by atoms with Crippen LogP contribution in [0.4, 0.5) is 13.6 Å². The molecule has 1 N–H and O–H groups in total. The molecule has 2 aromatic carbocycles. The number of hydrogen-bond acceptors (Lipinski definition) is 2. The number of carbonyl (C=O) groups is 1. The van der Waals surface area contributed by atoms with Gasteiger partial charge in [-0.2, -0.15) is 0 Å². The second kappa shape index (κ2) is 8.29. The second-order valence-electron chi connectivity index (χ2n) is 5.43. The highest BCUT2D eigenvalue weighted by atomic mass is 19.1. The van der Waals surface area contributed by atoms with E-state index in [-0.39, 0.29) is 24.1 Å². The molecule has 2 amide bonds. The van der Waals surface area contributed by atoms with Gasteiger partial charge in [-0.25, -0.2) is 13.6 Å². The Balaban J connectivity index is 1.81. The summed E-state index contributed by atoms with van der Waals surface area (Å²) in [6.07, 6.45) is 0.608. The highest BCUT2D eigenvalue weighted by Gasteiger charge is 2.10. The van der Waals surface area contributed by atoms with Crippen molar-refractivity contribution in [1.82, 2.24) is 10.2 Å². The van der Waals surface area contributed by atoms with E-state index in [2.05, 4.69) is 5.32 Å². The lowest BCUT2D eigenvalue weighted by molar-refractivity contribution is 0.207. The fourth-order valence-corrected chi connectivity index (χ4v) is 2.25. The molecule has 2 rings (SSSR count). The number of methoxy groups -OCH3 is 1. The summed E-state index contributed by atoms with van der Waals surface area (Å²) >= 11 is 0. The Bertz CT molecular complexity index is 690. The van der Waals surface area contributed by atoms with Crippen molar-refractivity contribution in [3.05, 3.63) is 65.2 Å². The number of amides is 2. The molecule has 128 valence electrons. The molecule has 4 nitrogen and oxygen atoms in total. The molecular formula is C18H20F2N2O2. The third kappa shape index (κ3) is 4.94. The van der Waals surface area contributed by atoms with Crippen LogP contribution in [0.3, 0.4) is 0 Å². The molecule has 0 bridgehead atoms. The van der Waals surface area contributed by atoms with Crippen LogP contribution in [-0.2, 0) is 13.0 Å². The highest BCUT2D eigenvalue weighted by molar-refractivity contribution is 5.73. The standard InChI is InChI=1S/C18H20F2N2O2/c1-22(12-14-5-8-17(24-2)16(20)11-14)18(23)21-10-9-13-3-6-15(19)7-4-13/h3-8,11H,9-10,12H2,1-2H3,(H,21,23). The van der Waals surface area contributed by atoms with Gasteiger partial charge in [0, 0.05) is 20.1 Å². The van der Waals surface area contributed by atoms with Crippen LogP contribution in [0.1, 0.15) is 11.1 Å². The minimum atomic E-state index is -0.458. The third-order valence-electron chi connectivity index (χ3n) is 3.59. The Morgan fingerprint density at radius 1 is 1.12 bits per heavy atom. The van der Waals surface area contributed by atoms with Gasteiger partial charge < -0.3 is 15.0 Å². The minimum Gasteiger partial charge on any atom is -0.494 e. The van der Waals surface area contributed by atoms with Gasteiger partial charge >= 0.3 is 6.03 Å². The Kier molecular flexibility index (Phi) is 6.12. The smallest absolute Gasteiger partial charge is 0.317 e. The number of benzene rings is 2. The van der Waals surface area contributed by atoms with Gasteiger partial charge in [-0.3, -0.25) is 0 Å². The van der Waals surface area contributed by atoms with E-state index in [1.807, 2.05) is 0 Å². The first-order valence-corrected chi connectivity index (χ1v) is 7.55. The summed E-state index contributed by atoms with van der Waals surface area (Å²) < 4.78 is 31.3. The first-order chi connectivity index (χ1) is 11.5. The van der Waals surface area contributed by atoms with Gasteiger partial charge in [0.1, 0.15) is 5.82 Å². The summed E-state index contributed by atoms with van der Waals surface area (Å²) in [7, 11) is 3.04. The molecule has 0 aliphatic carbocycles. The molecule has 0 saturated carbocycles. The predicted molar refractivity (Wildman–Crippen MR) is 87.9 cm³/mol. The zero-order chi connectivity index (χ0) is 17.5. The molecule has 2 aromatic rings. The van der Waals surface area contributed by atoms with E-state index in [9.17, 15) is 13.6 Å². The SMILES string of the molecule is COc1ccc(CN(C)C(=O)NCCc2ccc(F)cc2)cc1F. The first kappa shape index (κ1) is 17.7. The number of ether oxygens (including phenoxy) is 1. The molecule has 0 radical (unpaired) electrons. The molecule has 0 atom stereocenters. The van der Waals surface area contributed by atoms with E-state index >= 15 is 0 Å². The van der Waals surface area contributed by atoms with Crippen LogP contribution in [-0.4, -0.2) is 31.6 Å². The molecule has 0 fully saturated rings. The number of carbonyl (C=O) groups excluding carboxylic acids is 1. The lowest BCUT2D eigenvalue weighted by Crippen LogP contribution is -2.37. The summed E-state index contributed by atoms with van der Waals surface area (Å²) in [5.41, 5.74) is 1.61.